The standard InChI is InChI=1S/C14H23NO3S2/c1-12-4-5-14(19-8-9-20(3,16)17)13(10-12)11-15-6-7-18-2/h4-5,10,15H,6-9,11H2,1-3H3. The fraction of sp³-hybridized carbons (Fsp3) is 0.571. The highest BCUT2D eigenvalue weighted by atomic mass is 32.2. The Kier molecular flexibility index (Phi) is 7.58. The highest BCUT2D eigenvalue weighted by molar-refractivity contribution is 8.00. The van der Waals surface area contributed by atoms with E-state index < -0.39 is 9.84 Å². The second-order valence-corrected chi connectivity index (χ2v) is 8.16. The third-order valence-corrected chi connectivity index (χ3v) is 5.05. The summed E-state index contributed by atoms with van der Waals surface area (Å²) in [6, 6.07) is 6.26. The first-order valence-electron chi connectivity index (χ1n) is 6.52. The van der Waals surface area contributed by atoms with E-state index in [9.17, 15) is 8.42 Å². The van der Waals surface area contributed by atoms with Gasteiger partial charge in [-0.25, -0.2) is 8.42 Å². The molecule has 0 saturated heterocycles. The minimum atomic E-state index is -2.89. The summed E-state index contributed by atoms with van der Waals surface area (Å²) in [4.78, 5) is 1.14. The smallest absolute Gasteiger partial charge is 0.148 e. The van der Waals surface area contributed by atoms with Gasteiger partial charge in [-0.1, -0.05) is 17.7 Å². The van der Waals surface area contributed by atoms with Gasteiger partial charge in [0, 0.05) is 37.1 Å². The number of nitrogens with one attached hydrogen (secondary N) is 1. The molecule has 0 radical (unpaired) electrons. The van der Waals surface area contributed by atoms with Gasteiger partial charge >= 0.3 is 0 Å². The first kappa shape index (κ1) is 17.5. The van der Waals surface area contributed by atoms with Crippen molar-refractivity contribution in [3.8, 4) is 0 Å². The number of hydrogen-bond acceptors (Lipinski definition) is 5. The molecule has 0 heterocycles. The van der Waals surface area contributed by atoms with Crippen molar-refractivity contribution in [2.45, 2.75) is 18.4 Å². The Morgan fingerprint density at radius 3 is 2.75 bits per heavy atom. The van der Waals surface area contributed by atoms with Crippen molar-refractivity contribution in [1.29, 1.82) is 0 Å². The predicted octanol–water partition coefficient (Wildman–Crippen LogP) is 1.87. The number of sulfone groups is 1. The van der Waals surface area contributed by atoms with Crippen molar-refractivity contribution in [3.63, 3.8) is 0 Å². The van der Waals surface area contributed by atoms with Gasteiger partial charge in [0.05, 0.1) is 12.4 Å². The van der Waals surface area contributed by atoms with Gasteiger partial charge in [-0.05, 0) is 18.6 Å². The van der Waals surface area contributed by atoms with E-state index in [-0.39, 0.29) is 5.75 Å². The second kappa shape index (κ2) is 8.67. The first-order chi connectivity index (χ1) is 9.42. The number of thioether (sulfide) groups is 1. The Hall–Kier alpha value is -0.560. The van der Waals surface area contributed by atoms with Crippen molar-refractivity contribution in [2.24, 2.45) is 0 Å². The van der Waals surface area contributed by atoms with Crippen LogP contribution in [0, 0.1) is 6.92 Å². The average molecular weight is 317 g/mol. The number of methoxy groups -OCH3 is 1. The molecule has 0 fully saturated rings. The highest BCUT2D eigenvalue weighted by Crippen LogP contribution is 2.24. The van der Waals surface area contributed by atoms with Crippen LogP contribution in [0.25, 0.3) is 0 Å². The van der Waals surface area contributed by atoms with Crippen LogP contribution in [0.1, 0.15) is 11.1 Å². The molecule has 1 N–H and O–H groups in total. The van der Waals surface area contributed by atoms with Crippen molar-refractivity contribution in [1.82, 2.24) is 5.32 Å². The molecule has 0 unspecified atom stereocenters. The summed E-state index contributed by atoms with van der Waals surface area (Å²) in [7, 11) is -1.21. The topological polar surface area (TPSA) is 55.4 Å². The second-order valence-electron chi connectivity index (χ2n) is 4.76. The molecule has 0 amide bonds. The van der Waals surface area contributed by atoms with Crippen molar-refractivity contribution >= 4 is 21.6 Å². The van der Waals surface area contributed by atoms with Gasteiger partial charge in [0.25, 0.3) is 0 Å². The molecular formula is C14H23NO3S2. The van der Waals surface area contributed by atoms with E-state index in [2.05, 4.69) is 30.4 Å². The molecule has 0 saturated carbocycles. The fourth-order valence-electron chi connectivity index (χ4n) is 1.69. The van der Waals surface area contributed by atoms with Crippen LogP contribution in [0.4, 0.5) is 0 Å². The lowest BCUT2D eigenvalue weighted by Crippen LogP contribution is -2.19. The van der Waals surface area contributed by atoms with E-state index in [0.717, 1.165) is 18.0 Å². The van der Waals surface area contributed by atoms with Gasteiger partial charge in [0.15, 0.2) is 0 Å². The average Bonchev–Trinajstić information content (AvgIpc) is 2.35. The molecule has 0 aliphatic rings. The van der Waals surface area contributed by atoms with Crippen LogP contribution >= 0.6 is 11.8 Å². The maximum atomic E-state index is 11.2. The summed E-state index contributed by atoms with van der Waals surface area (Å²) in [5.74, 6) is 0.801. The zero-order valence-electron chi connectivity index (χ0n) is 12.3. The summed E-state index contributed by atoms with van der Waals surface area (Å²) in [6.45, 7) is 4.32. The number of benzene rings is 1. The molecule has 0 spiro atoms. The summed E-state index contributed by atoms with van der Waals surface area (Å²) >= 11 is 1.60. The van der Waals surface area contributed by atoms with Crippen LogP contribution in [0.2, 0.25) is 0 Å². The SMILES string of the molecule is COCCNCc1cc(C)ccc1SCCS(C)(=O)=O. The Morgan fingerprint density at radius 2 is 2.10 bits per heavy atom. The van der Waals surface area contributed by atoms with E-state index >= 15 is 0 Å². The van der Waals surface area contributed by atoms with Gasteiger partial charge in [-0.2, -0.15) is 0 Å². The van der Waals surface area contributed by atoms with E-state index in [0.29, 0.717) is 12.4 Å². The molecule has 0 aliphatic carbocycles. The molecule has 1 aromatic carbocycles. The minimum Gasteiger partial charge on any atom is -0.383 e. The Labute approximate surface area is 126 Å². The summed E-state index contributed by atoms with van der Waals surface area (Å²) < 4.78 is 27.3. The van der Waals surface area contributed by atoms with Crippen molar-refractivity contribution < 1.29 is 13.2 Å². The molecule has 0 aliphatic heterocycles. The fourth-order valence-corrected chi connectivity index (χ4v) is 3.93. The van der Waals surface area contributed by atoms with E-state index in [4.69, 9.17) is 4.74 Å². The van der Waals surface area contributed by atoms with Crippen molar-refractivity contribution in [3.05, 3.63) is 29.3 Å². The largest absolute Gasteiger partial charge is 0.383 e. The normalized spacial score (nSPS) is 11.8. The number of ether oxygens (including phenoxy) is 1. The lowest BCUT2D eigenvalue weighted by atomic mass is 10.1. The van der Waals surface area contributed by atoms with Gasteiger partial charge in [-0.15, -0.1) is 11.8 Å². The molecule has 1 rings (SSSR count). The summed E-state index contributed by atoms with van der Waals surface area (Å²) in [5.41, 5.74) is 2.42. The molecule has 0 aromatic heterocycles. The predicted molar refractivity (Wildman–Crippen MR) is 85.2 cm³/mol. The Morgan fingerprint density at radius 1 is 1.35 bits per heavy atom. The van der Waals surface area contributed by atoms with Crippen LogP contribution < -0.4 is 5.32 Å². The number of hydrogen-bond donors (Lipinski definition) is 1. The highest BCUT2D eigenvalue weighted by Gasteiger charge is 2.06. The zero-order valence-corrected chi connectivity index (χ0v) is 13.9. The van der Waals surface area contributed by atoms with Crippen LogP contribution in [0.5, 0.6) is 0 Å². The zero-order chi connectivity index (χ0) is 15.0. The summed E-state index contributed by atoms with van der Waals surface area (Å²) in [6.07, 6.45) is 1.27. The quantitative estimate of drug-likeness (QED) is 0.556. The Balaban J connectivity index is 2.60. The van der Waals surface area contributed by atoms with Crippen LogP contribution in [0.3, 0.4) is 0 Å². The number of aryl methyl sites for hydroxylation is 1. The van der Waals surface area contributed by atoms with Gasteiger partial charge in [0.2, 0.25) is 0 Å². The van der Waals surface area contributed by atoms with E-state index in [1.54, 1.807) is 18.9 Å². The van der Waals surface area contributed by atoms with Gasteiger partial charge in [-0.3, -0.25) is 0 Å². The van der Waals surface area contributed by atoms with Gasteiger partial charge in [0.1, 0.15) is 9.84 Å². The molecule has 20 heavy (non-hydrogen) atoms. The van der Waals surface area contributed by atoms with E-state index in [1.165, 1.54) is 17.4 Å². The molecule has 1 aromatic rings. The maximum absolute atomic E-state index is 11.2. The first-order valence-corrected chi connectivity index (χ1v) is 9.56. The van der Waals surface area contributed by atoms with E-state index in [1.807, 2.05) is 0 Å². The maximum Gasteiger partial charge on any atom is 0.148 e. The van der Waals surface area contributed by atoms with Crippen molar-refractivity contribution in [2.75, 3.05) is 38.0 Å². The monoisotopic (exact) mass is 317 g/mol. The minimum absolute atomic E-state index is 0.210. The molecule has 4 nitrogen and oxygen atoms in total. The molecular weight excluding hydrogens is 294 g/mol. The third kappa shape index (κ3) is 7.28. The molecule has 114 valence electrons. The summed E-state index contributed by atoms with van der Waals surface area (Å²) in [5, 5.41) is 3.32. The third-order valence-electron chi connectivity index (χ3n) is 2.73. The molecule has 0 bridgehead atoms. The molecule has 6 heteroatoms. The molecule has 0 atom stereocenters. The van der Waals surface area contributed by atoms with Gasteiger partial charge < -0.3 is 10.1 Å². The number of rotatable bonds is 9. The van der Waals surface area contributed by atoms with Crippen LogP contribution in [0.15, 0.2) is 23.1 Å². The lowest BCUT2D eigenvalue weighted by molar-refractivity contribution is 0.199. The lowest BCUT2D eigenvalue weighted by Gasteiger charge is -2.11. The Bertz CT molecular complexity index is 515. The van der Waals surface area contributed by atoms with Crippen LogP contribution in [-0.2, 0) is 21.1 Å². The van der Waals surface area contributed by atoms with Crippen LogP contribution in [-0.4, -0.2) is 46.4 Å².